The van der Waals surface area contributed by atoms with Crippen molar-refractivity contribution in [2.45, 2.75) is 65.3 Å². The summed E-state index contributed by atoms with van der Waals surface area (Å²) in [5.74, 6) is -0.389. The van der Waals surface area contributed by atoms with E-state index in [2.05, 4.69) is 17.4 Å². The van der Waals surface area contributed by atoms with E-state index in [0.29, 0.717) is 12.3 Å². The van der Waals surface area contributed by atoms with E-state index in [4.69, 9.17) is 9.26 Å². The quantitative estimate of drug-likeness (QED) is 0.554. The average molecular weight is 341 g/mol. The molecule has 0 aliphatic rings. The van der Waals surface area contributed by atoms with Gasteiger partial charge in [-0.25, -0.2) is 4.79 Å². The van der Waals surface area contributed by atoms with Crippen LogP contribution in [0.2, 0.25) is 0 Å². The highest BCUT2D eigenvalue weighted by atomic mass is 16.7. The monoisotopic (exact) mass is 341 g/mol. The molecule has 1 rings (SSSR count). The van der Waals surface area contributed by atoms with Crippen LogP contribution in [0.4, 0.5) is 4.79 Å². The third kappa shape index (κ3) is 6.57. The van der Waals surface area contributed by atoms with Gasteiger partial charge in [0.1, 0.15) is 0 Å². The van der Waals surface area contributed by atoms with Crippen molar-refractivity contribution in [2.24, 2.45) is 0 Å². The Morgan fingerprint density at radius 1 is 1.42 bits per heavy atom. The number of rotatable bonds is 8. The zero-order chi connectivity index (χ0) is 18.2. The van der Waals surface area contributed by atoms with Crippen molar-refractivity contribution < 1.29 is 24.0 Å². The summed E-state index contributed by atoms with van der Waals surface area (Å²) < 4.78 is 9.71. The van der Waals surface area contributed by atoms with Gasteiger partial charge in [-0.15, -0.1) is 0 Å². The van der Waals surface area contributed by atoms with Crippen LogP contribution in [0.3, 0.4) is 0 Å². The molecule has 2 N–H and O–H groups in total. The van der Waals surface area contributed by atoms with Gasteiger partial charge in [0.2, 0.25) is 0 Å². The predicted molar refractivity (Wildman–Crippen MR) is 86.8 cm³/mol. The van der Waals surface area contributed by atoms with E-state index in [0.717, 1.165) is 19.3 Å². The average Bonchev–Trinajstić information content (AvgIpc) is 3.01. The third-order valence-corrected chi connectivity index (χ3v) is 3.38. The van der Waals surface area contributed by atoms with Crippen LogP contribution in [0, 0.1) is 0 Å². The Balaban J connectivity index is 2.53. The van der Waals surface area contributed by atoms with Crippen molar-refractivity contribution in [1.29, 1.82) is 0 Å². The number of nitrogens with one attached hydrogen (secondary N) is 1. The summed E-state index contributed by atoms with van der Waals surface area (Å²) in [6, 6.07) is 1.58. The summed E-state index contributed by atoms with van der Waals surface area (Å²) in [6.07, 6.45) is 1.68. The fourth-order valence-corrected chi connectivity index (χ4v) is 2.03. The van der Waals surface area contributed by atoms with Crippen LogP contribution < -0.4 is 5.32 Å². The lowest BCUT2D eigenvalue weighted by molar-refractivity contribution is -0.150. The zero-order valence-corrected chi connectivity index (χ0v) is 14.7. The normalized spacial score (nSPS) is 12.5. The molecule has 0 aliphatic heterocycles. The van der Waals surface area contributed by atoms with Crippen LogP contribution in [0.25, 0.3) is 0 Å². The molecule has 1 aromatic heterocycles. The minimum atomic E-state index is -1.88. The molecule has 0 saturated carbocycles. The van der Waals surface area contributed by atoms with Crippen LogP contribution in [0.1, 0.15) is 52.7 Å². The van der Waals surface area contributed by atoms with Gasteiger partial charge >= 0.3 is 6.09 Å². The first kappa shape index (κ1) is 20.0. The molecule has 0 aromatic carbocycles. The van der Waals surface area contributed by atoms with E-state index < -0.39 is 23.8 Å². The number of nitrogens with zero attached hydrogens (tertiary/aromatic N) is 2. The number of unbranched alkanes of at least 4 members (excludes halogenated alkanes) is 2. The van der Waals surface area contributed by atoms with Gasteiger partial charge in [0.05, 0.1) is 12.7 Å². The first-order valence-electron chi connectivity index (χ1n) is 8.09. The molecular weight excluding hydrogens is 314 g/mol. The third-order valence-electron chi connectivity index (χ3n) is 3.38. The molecule has 0 fully saturated rings. The minimum absolute atomic E-state index is 0.0485. The number of aliphatic hydroxyl groups excluding tert-OH is 1. The molecule has 0 spiro atoms. The van der Waals surface area contributed by atoms with E-state index in [1.165, 1.54) is 11.1 Å². The maximum absolute atomic E-state index is 12.3. The fourth-order valence-electron chi connectivity index (χ4n) is 2.03. The predicted octanol–water partition coefficient (Wildman–Crippen LogP) is 2.04. The molecule has 8 heteroatoms. The zero-order valence-electron chi connectivity index (χ0n) is 14.7. The molecule has 0 radical (unpaired) electrons. The van der Waals surface area contributed by atoms with Crippen molar-refractivity contribution >= 4 is 12.0 Å². The fraction of sp³-hybridized carbons (Fsp3) is 0.688. The van der Waals surface area contributed by atoms with Crippen molar-refractivity contribution in [3.05, 3.63) is 18.0 Å². The summed E-state index contributed by atoms with van der Waals surface area (Å²) in [5, 5.41) is 15.7. The van der Waals surface area contributed by atoms with Crippen LogP contribution in [0.5, 0.6) is 0 Å². The van der Waals surface area contributed by atoms with Crippen LogP contribution in [-0.2, 0) is 16.1 Å². The van der Waals surface area contributed by atoms with Gasteiger partial charge in [0.15, 0.2) is 5.76 Å². The lowest BCUT2D eigenvalue weighted by Gasteiger charge is -2.35. The number of aliphatic hydroxyl groups is 1. The van der Waals surface area contributed by atoms with Crippen molar-refractivity contribution in [1.82, 2.24) is 15.4 Å². The highest BCUT2D eigenvalue weighted by molar-refractivity contribution is 5.82. The van der Waals surface area contributed by atoms with Gasteiger partial charge in [-0.05, 0) is 27.2 Å². The second-order valence-electron chi connectivity index (χ2n) is 6.46. The van der Waals surface area contributed by atoms with E-state index >= 15 is 0 Å². The molecule has 2 amide bonds. The Morgan fingerprint density at radius 2 is 2.12 bits per heavy atom. The first-order chi connectivity index (χ1) is 11.3. The summed E-state index contributed by atoms with van der Waals surface area (Å²) >= 11 is 0. The summed E-state index contributed by atoms with van der Waals surface area (Å²) in [5.41, 5.74) is -0.471. The van der Waals surface area contributed by atoms with E-state index in [9.17, 15) is 14.7 Å². The van der Waals surface area contributed by atoms with Crippen molar-refractivity contribution in [3.63, 3.8) is 0 Å². The summed E-state index contributed by atoms with van der Waals surface area (Å²) in [7, 11) is 0. The molecular formula is C16H27N3O5. The molecule has 24 heavy (non-hydrogen) atoms. The Bertz CT molecular complexity index is 510. The number of carbonyl (C=O) groups is 2. The summed E-state index contributed by atoms with van der Waals surface area (Å²) in [6.45, 7) is 8.24. The molecule has 8 nitrogen and oxygen atoms in total. The van der Waals surface area contributed by atoms with Crippen LogP contribution in [-0.4, -0.2) is 45.5 Å². The van der Waals surface area contributed by atoms with Gasteiger partial charge < -0.3 is 24.6 Å². The maximum atomic E-state index is 12.3. The minimum Gasteiger partial charge on any atom is -0.410 e. The topological polar surface area (TPSA) is 105 Å². The Morgan fingerprint density at radius 3 is 2.67 bits per heavy atom. The largest absolute Gasteiger partial charge is 0.412 e. The molecule has 1 heterocycles. The molecule has 0 unspecified atom stereocenters. The summed E-state index contributed by atoms with van der Waals surface area (Å²) in [4.78, 5) is 25.6. The highest BCUT2D eigenvalue weighted by Crippen LogP contribution is 2.16. The molecule has 0 saturated heterocycles. The van der Waals surface area contributed by atoms with Crippen molar-refractivity contribution in [3.8, 4) is 0 Å². The molecule has 0 bridgehead atoms. The van der Waals surface area contributed by atoms with Gasteiger partial charge in [-0.1, -0.05) is 24.9 Å². The van der Waals surface area contributed by atoms with Crippen molar-refractivity contribution in [2.75, 3.05) is 6.54 Å². The number of aromatic nitrogens is 1. The van der Waals surface area contributed by atoms with Gasteiger partial charge in [-0.2, -0.15) is 0 Å². The van der Waals surface area contributed by atoms with Crippen LogP contribution in [0.15, 0.2) is 16.8 Å². The number of hydrogen-bond acceptors (Lipinski definition) is 6. The number of carbonyl (C=O) groups excluding carboxylic acids is 2. The number of hydrogen-bond donors (Lipinski definition) is 2. The highest BCUT2D eigenvalue weighted by Gasteiger charge is 2.30. The SMILES string of the molecule is CCCCCN(C(=O)O[C@H](O)C(=O)NCc1ccno1)C(C)(C)C. The molecule has 1 atom stereocenters. The van der Waals surface area contributed by atoms with E-state index in [1.807, 2.05) is 20.8 Å². The smallest absolute Gasteiger partial charge is 0.410 e. The molecule has 136 valence electrons. The molecule has 0 aliphatic carbocycles. The van der Waals surface area contributed by atoms with Gasteiger partial charge in [0, 0.05) is 18.2 Å². The Labute approximate surface area is 142 Å². The van der Waals surface area contributed by atoms with Gasteiger partial charge in [-0.3, -0.25) is 4.79 Å². The van der Waals surface area contributed by atoms with Gasteiger partial charge in [0.25, 0.3) is 12.2 Å². The standard InChI is InChI=1S/C16H27N3O5/c1-5-6-7-10-19(16(2,3)4)15(22)23-14(21)13(20)17-11-12-8-9-18-24-12/h8-9,14,21H,5-7,10-11H2,1-4H3,(H,17,20)/t14-/m0/s1. The number of ether oxygens (including phenoxy) is 1. The van der Waals surface area contributed by atoms with E-state index in [1.54, 1.807) is 6.07 Å². The second-order valence-corrected chi connectivity index (χ2v) is 6.46. The van der Waals surface area contributed by atoms with E-state index in [-0.39, 0.29) is 6.54 Å². The lowest BCUT2D eigenvalue weighted by atomic mass is 10.1. The lowest BCUT2D eigenvalue weighted by Crippen LogP contribution is -2.49. The Hall–Kier alpha value is -2.09. The number of amides is 2. The Kier molecular flexibility index (Phi) is 7.70. The second kappa shape index (κ2) is 9.27. The van der Waals surface area contributed by atoms with Crippen LogP contribution >= 0.6 is 0 Å². The maximum Gasteiger partial charge on any atom is 0.412 e. The first-order valence-corrected chi connectivity index (χ1v) is 8.09. The molecule has 1 aromatic rings.